The average Bonchev–Trinajstić information content (AvgIpc) is 3.40. The third-order valence-corrected chi connectivity index (χ3v) is 7.84. The maximum Gasteiger partial charge on any atom is 0.410 e. The van der Waals surface area contributed by atoms with Gasteiger partial charge in [0.2, 0.25) is 0 Å². The van der Waals surface area contributed by atoms with Crippen molar-refractivity contribution in [3.8, 4) is 5.75 Å². The molecule has 44 heavy (non-hydrogen) atoms. The van der Waals surface area contributed by atoms with Crippen molar-refractivity contribution in [2.75, 3.05) is 52.2 Å². The second kappa shape index (κ2) is 14.8. The summed E-state index contributed by atoms with van der Waals surface area (Å²) in [6.07, 6.45) is 6.33. The third-order valence-electron chi connectivity index (χ3n) is 6.69. The number of aromatic nitrogens is 1. The van der Waals surface area contributed by atoms with Gasteiger partial charge in [-0.3, -0.25) is 4.72 Å². The summed E-state index contributed by atoms with van der Waals surface area (Å²) in [4.78, 5) is 16.6. The number of hydrogen-bond donors (Lipinski definition) is 1. The summed E-state index contributed by atoms with van der Waals surface area (Å²) in [5.41, 5.74) is 2.13. The standard InChI is InChI=1S/C32H42N4O7S/c1-11-14-23(21(4)35-15-17-36(18-16-35)31(37)42-32(5,6)7)22-19-26(41-10)28-27(20-22)43-33-30(28)34-44(38)29(24(12-2)39-8)25(13-3)40-9/h11-14,19-20H,1-2,4,15-18H2,3,5-10H3,(H,33,34)/b23-14+,25-13+,29-24-. The van der Waals surface area contributed by atoms with Gasteiger partial charge >= 0.3 is 6.09 Å². The molecule has 1 atom stereocenters. The fourth-order valence-corrected chi connectivity index (χ4v) is 5.76. The minimum atomic E-state index is -1.87. The zero-order chi connectivity index (χ0) is 32.6. The Morgan fingerprint density at radius 3 is 2.27 bits per heavy atom. The predicted molar refractivity (Wildman–Crippen MR) is 174 cm³/mol. The van der Waals surface area contributed by atoms with Crippen LogP contribution in [0.25, 0.3) is 16.5 Å². The Bertz CT molecular complexity index is 1520. The van der Waals surface area contributed by atoms with Gasteiger partial charge in [0.1, 0.15) is 33.2 Å². The maximum absolute atomic E-state index is 13.5. The number of nitrogens with zero attached hydrogens (tertiary/aromatic N) is 3. The van der Waals surface area contributed by atoms with Gasteiger partial charge < -0.3 is 33.3 Å². The summed E-state index contributed by atoms with van der Waals surface area (Å²) in [6, 6.07) is 3.64. The number of rotatable bonds is 12. The summed E-state index contributed by atoms with van der Waals surface area (Å²) in [7, 11) is 2.59. The number of piperazine rings is 1. The minimum absolute atomic E-state index is 0.205. The van der Waals surface area contributed by atoms with E-state index in [1.54, 1.807) is 24.0 Å². The van der Waals surface area contributed by atoms with E-state index in [1.165, 1.54) is 27.4 Å². The van der Waals surface area contributed by atoms with Crippen LogP contribution in [0.4, 0.5) is 10.6 Å². The van der Waals surface area contributed by atoms with Gasteiger partial charge in [-0.15, -0.1) is 0 Å². The number of hydrogen-bond acceptors (Lipinski definition) is 9. The Kier molecular flexibility index (Phi) is 11.5. The van der Waals surface area contributed by atoms with E-state index in [0.717, 1.165) is 16.8 Å². The Balaban J connectivity index is 1.92. The van der Waals surface area contributed by atoms with E-state index in [4.69, 9.17) is 23.5 Å². The number of ether oxygens (including phenoxy) is 4. The lowest BCUT2D eigenvalue weighted by Gasteiger charge is -2.38. The van der Waals surface area contributed by atoms with Gasteiger partial charge in [-0.25, -0.2) is 9.00 Å². The Hall–Kier alpha value is -4.45. The molecule has 1 fully saturated rings. The predicted octanol–water partition coefficient (Wildman–Crippen LogP) is 6.14. The molecule has 0 aliphatic carbocycles. The largest absolute Gasteiger partial charge is 0.496 e. The number of allylic oxidation sites excluding steroid dienone is 5. The van der Waals surface area contributed by atoms with Crippen LogP contribution in [0.2, 0.25) is 0 Å². The lowest BCUT2D eigenvalue weighted by atomic mass is 9.99. The van der Waals surface area contributed by atoms with Gasteiger partial charge in [0.25, 0.3) is 0 Å². The van der Waals surface area contributed by atoms with Crippen LogP contribution in [-0.2, 0) is 25.2 Å². The number of amides is 1. The van der Waals surface area contributed by atoms with Crippen molar-refractivity contribution in [2.45, 2.75) is 33.3 Å². The molecule has 0 spiro atoms. The van der Waals surface area contributed by atoms with Crippen LogP contribution in [0.1, 0.15) is 33.3 Å². The van der Waals surface area contributed by atoms with E-state index in [-0.39, 0.29) is 22.6 Å². The highest BCUT2D eigenvalue weighted by atomic mass is 32.2. The summed E-state index contributed by atoms with van der Waals surface area (Å²) in [5, 5.41) is 4.64. The van der Waals surface area contributed by atoms with Crippen molar-refractivity contribution < 1.29 is 32.5 Å². The molecule has 2 heterocycles. The molecule has 1 saturated heterocycles. The number of carbonyl (C=O) groups is 1. The molecule has 11 nitrogen and oxygen atoms in total. The van der Waals surface area contributed by atoms with Crippen LogP contribution in [0.15, 0.2) is 82.8 Å². The molecular weight excluding hydrogens is 584 g/mol. The molecule has 0 bridgehead atoms. The quantitative estimate of drug-likeness (QED) is 0.219. The third kappa shape index (κ3) is 7.73. The fourth-order valence-electron chi connectivity index (χ4n) is 4.61. The average molecular weight is 627 g/mol. The number of methoxy groups -OCH3 is 3. The molecule has 1 aliphatic heterocycles. The van der Waals surface area contributed by atoms with Gasteiger partial charge in [-0.1, -0.05) is 37.0 Å². The monoisotopic (exact) mass is 626 g/mol. The number of anilines is 1. The molecule has 1 aromatic heterocycles. The molecule has 3 rings (SSSR count). The second-order valence-corrected chi connectivity index (χ2v) is 11.8. The Morgan fingerprint density at radius 2 is 1.75 bits per heavy atom. The highest BCUT2D eigenvalue weighted by Gasteiger charge is 2.28. The first-order valence-electron chi connectivity index (χ1n) is 13.9. The molecule has 238 valence electrons. The van der Waals surface area contributed by atoms with Crippen LogP contribution in [-0.4, -0.2) is 78.4 Å². The minimum Gasteiger partial charge on any atom is -0.496 e. The second-order valence-electron chi connectivity index (χ2n) is 10.6. The number of carbonyl (C=O) groups excluding carboxylic acids is 1. The first kappa shape index (κ1) is 34.0. The van der Waals surface area contributed by atoms with Gasteiger partial charge in [-0.2, -0.15) is 0 Å². The molecule has 12 heteroatoms. The molecule has 1 aliphatic rings. The summed E-state index contributed by atoms with van der Waals surface area (Å²) in [6.45, 7) is 21.4. The van der Waals surface area contributed by atoms with Gasteiger partial charge in [0, 0.05) is 37.4 Å². The van der Waals surface area contributed by atoms with E-state index >= 15 is 0 Å². The zero-order valence-corrected chi connectivity index (χ0v) is 27.3. The number of benzene rings is 1. The van der Waals surface area contributed by atoms with Crippen molar-refractivity contribution in [2.24, 2.45) is 0 Å². The summed E-state index contributed by atoms with van der Waals surface area (Å²) in [5.74, 6) is 1.27. The molecule has 1 unspecified atom stereocenters. The molecular formula is C32H42N4O7S. The van der Waals surface area contributed by atoms with Crippen LogP contribution < -0.4 is 9.46 Å². The van der Waals surface area contributed by atoms with Crippen LogP contribution >= 0.6 is 0 Å². The normalized spacial score (nSPS) is 15.7. The van der Waals surface area contributed by atoms with Crippen LogP contribution in [0.5, 0.6) is 5.75 Å². The lowest BCUT2D eigenvalue weighted by molar-refractivity contribution is 0.0172. The molecule has 1 aromatic carbocycles. The SMILES string of the molecule is C=C/C=C(\C(=C)N1CCN(C(=O)OC(C)(C)C)CC1)c1cc(OC)c2c(NS(=O)C(=C(/C=C)OC)/C(=C\C)OC)noc2c1. The van der Waals surface area contributed by atoms with Crippen molar-refractivity contribution in [1.29, 1.82) is 0 Å². The van der Waals surface area contributed by atoms with E-state index in [1.807, 2.05) is 39.0 Å². The summed E-state index contributed by atoms with van der Waals surface area (Å²) >= 11 is 0. The molecule has 0 radical (unpaired) electrons. The smallest absolute Gasteiger partial charge is 0.410 e. The van der Waals surface area contributed by atoms with E-state index in [2.05, 4.69) is 34.5 Å². The zero-order valence-electron chi connectivity index (χ0n) is 26.5. The Morgan fingerprint density at radius 1 is 1.09 bits per heavy atom. The van der Waals surface area contributed by atoms with Gasteiger partial charge in [0.15, 0.2) is 22.4 Å². The summed E-state index contributed by atoms with van der Waals surface area (Å²) < 4.78 is 44.2. The van der Waals surface area contributed by atoms with Crippen molar-refractivity contribution in [3.05, 3.63) is 83.9 Å². The van der Waals surface area contributed by atoms with Crippen molar-refractivity contribution in [3.63, 3.8) is 0 Å². The first-order chi connectivity index (χ1) is 20.9. The van der Waals surface area contributed by atoms with Crippen molar-refractivity contribution >= 4 is 39.4 Å². The highest BCUT2D eigenvalue weighted by Crippen LogP contribution is 2.38. The van der Waals surface area contributed by atoms with Gasteiger partial charge in [-0.05, 0) is 57.5 Å². The molecule has 1 N–H and O–H groups in total. The van der Waals surface area contributed by atoms with Crippen LogP contribution in [0, 0.1) is 0 Å². The topological polar surface area (TPSA) is 116 Å². The highest BCUT2D eigenvalue weighted by molar-refractivity contribution is 7.90. The number of nitrogens with one attached hydrogen (secondary N) is 1. The Labute approximate surface area is 261 Å². The lowest BCUT2D eigenvalue weighted by Crippen LogP contribution is -2.49. The van der Waals surface area contributed by atoms with Crippen molar-refractivity contribution in [1.82, 2.24) is 15.0 Å². The van der Waals surface area contributed by atoms with Gasteiger partial charge in [0.05, 0.1) is 21.3 Å². The molecule has 1 amide bonds. The molecule has 0 saturated carbocycles. The van der Waals surface area contributed by atoms with Crippen LogP contribution in [0.3, 0.4) is 0 Å². The van der Waals surface area contributed by atoms with E-state index in [0.29, 0.717) is 48.7 Å². The van der Waals surface area contributed by atoms with E-state index < -0.39 is 16.6 Å². The fraction of sp³-hybridized carbons (Fsp3) is 0.375. The molecule has 2 aromatic rings. The maximum atomic E-state index is 13.5. The number of fused-ring (bicyclic) bond motifs is 1. The van der Waals surface area contributed by atoms with E-state index in [9.17, 15) is 9.00 Å². The first-order valence-corrected chi connectivity index (χ1v) is 15.1.